The summed E-state index contributed by atoms with van der Waals surface area (Å²) in [5.74, 6) is -3.52. The highest BCUT2D eigenvalue weighted by Gasteiger charge is 2.39. The molecule has 6 atom stereocenters. The summed E-state index contributed by atoms with van der Waals surface area (Å²) in [5.41, 5.74) is -0.952. The van der Waals surface area contributed by atoms with Gasteiger partial charge in [0.05, 0.1) is 32.3 Å². The molecule has 2 unspecified atom stereocenters. The third-order valence-corrected chi connectivity index (χ3v) is 7.04. The second-order valence-electron chi connectivity index (χ2n) is 10.5. The van der Waals surface area contributed by atoms with Crippen molar-refractivity contribution in [3.8, 4) is 0 Å². The Morgan fingerprint density at radius 3 is 2.21 bits per heavy atom. The maximum absolute atomic E-state index is 13.6. The first-order chi connectivity index (χ1) is 20.3. The number of nitrogens with one attached hydrogen (secondary N) is 4. The molecule has 1 aromatic carbocycles. The van der Waals surface area contributed by atoms with Gasteiger partial charge in [-0.25, -0.2) is 9.18 Å². The Morgan fingerprint density at radius 2 is 1.67 bits per heavy atom. The Kier molecular flexibility index (Phi) is 16.2. The molecule has 0 radical (unpaired) electrons. The first-order valence-electron chi connectivity index (χ1n) is 14.1. The number of alkyl carbamates (subject to hydrolysis) is 1. The lowest BCUT2D eigenvalue weighted by atomic mass is 9.86. The molecule has 4 amide bonds. The molecule has 0 bridgehead atoms. The number of carbonyl (C=O) groups is 5. The molecular weight excluding hydrogens is 567 g/mol. The van der Waals surface area contributed by atoms with E-state index in [0.29, 0.717) is 6.42 Å². The van der Waals surface area contributed by atoms with Crippen LogP contribution in [0.25, 0.3) is 0 Å². The number of aliphatic hydroxyl groups is 2. The van der Waals surface area contributed by atoms with E-state index in [9.17, 15) is 38.6 Å². The third-order valence-electron chi connectivity index (χ3n) is 7.04. The molecule has 0 saturated carbocycles. The summed E-state index contributed by atoms with van der Waals surface area (Å²) in [6.07, 6.45) is -1.16. The number of methoxy groups -OCH3 is 1. The van der Waals surface area contributed by atoms with Gasteiger partial charge in [0.2, 0.25) is 17.7 Å². The molecule has 0 aliphatic rings. The van der Waals surface area contributed by atoms with Crippen molar-refractivity contribution in [2.24, 2.45) is 5.92 Å². The highest BCUT2D eigenvalue weighted by molar-refractivity contribution is 5.95. The SMILES string of the molecule is CCC(CCC(C)(NC(=O)[C@H](CO)NC(=O)[C@H](C)NC(=O)OCc1ccccc1)C(=O)N[C@H](CF)CC(=O)OC)[C@@H](C)O. The molecule has 0 aliphatic heterocycles. The maximum atomic E-state index is 13.6. The first kappa shape index (κ1) is 37.2. The molecule has 43 heavy (non-hydrogen) atoms. The van der Waals surface area contributed by atoms with Crippen LogP contribution in [0.2, 0.25) is 0 Å². The van der Waals surface area contributed by atoms with E-state index in [2.05, 4.69) is 26.0 Å². The normalized spacial score (nSPS) is 15.8. The zero-order chi connectivity index (χ0) is 32.6. The topological polar surface area (TPSA) is 192 Å². The largest absolute Gasteiger partial charge is 0.469 e. The summed E-state index contributed by atoms with van der Waals surface area (Å²) in [6, 6.07) is 4.97. The van der Waals surface area contributed by atoms with Gasteiger partial charge in [-0.3, -0.25) is 19.2 Å². The molecule has 1 rings (SSSR count). The Labute approximate surface area is 251 Å². The fourth-order valence-corrected chi connectivity index (χ4v) is 4.12. The minimum absolute atomic E-state index is 0.00250. The summed E-state index contributed by atoms with van der Waals surface area (Å²) in [6.45, 7) is 4.23. The van der Waals surface area contributed by atoms with E-state index in [1.54, 1.807) is 31.2 Å². The predicted molar refractivity (Wildman–Crippen MR) is 154 cm³/mol. The van der Waals surface area contributed by atoms with Crippen LogP contribution in [0.15, 0.2) is 30.3 Å². The van der Waals surface area contributed by atoms with Crippen molar-refractivity contribution in [3.63, 3.8) is 0 Å². The van der Waals surface area contributed by atoms with Crippen LogP contribution in [0.1, 0.15) is 58.9 Å². The molecule has 0 saturated heterocycles. The van der Waals surface area contributed by atoms with E-state index in [4.69, 9.17) is 4.74 Å². The second kappa shape index (κ2) is 18.7. The van der Waals surface area contributed by atoms with Crippen LogP contribution in [0.4, 0.5) is 9.18 Å². The van der Waals surface area contributed by atoms with Crippen LogP contribution in [-0.2, 0) is 35.3 Å². The zero-order valence-electron chi connectivity index (χ0n) is 25.4. The number of carbonyl (C=O) groups excluding carboxylic acids is 5. The number of hydrogen-bond acceptors (Lipinski definition) is 9. The van der Waals surface area contributed by atoms with Crippen molar-refractivity contribution in [2.75, 3.05) is 20.4 Å². The van der Waals surface area contributed by atoms with Crippen molar-refractivity contribution >= 4 is 29.8 Å². The predicted octanol–water partition coefficient (Wildman–Crippen LogP) is 0.858. The number of ether oxygens (including phenoxy) is 2. The Hall–Kier alpha value is -3.78. The molecule has 0 heterocycles. The van der Waals surface area contributed by atoms with Crippen LogP contribution < -0.4 is 21.3 Å². The lowest BCUT2D eigenvalue weighted by Gasteiger charge is -2.34. The van der Waals surface area contributed by atoms with Gasteiger partial charge in [0.25, 0.3) is 0 Å². The van der Waals surface area contributed by atoms with Gasteiger partial charge in [-0.05, 0) is 45.1 Å². The van der Waals surface area contributed by atoms with E-state index in [1.807, 2.05) is 13.0 Å². The highest BCUT2D eigenvalue weighted by Crippen LogP contribution is 2.23. The lowest BCUT2D eigenvalue weighted by Crippen LogP contribution is -2.63. The minimum atomic E-state index is -1.69. The van der Waals surface area contributed by atoms with Gasteiger partial charge in [0.1, 0.15) is 30.9 Å². The van der Waals surface area contributed by atoms with Crippen LogP contribution in [0, 0.1) is 5.92 Å². The number of amides is 4. The number of halogens is 1. The average molecular weight is 613 g/mol. The van der Waals surface area contributed by atoms with Crippen LogP contribution in [0.3, 0.4) is 0 Å². The number of esters is 1. The fourth-order valence-electron chi connectivity index (χ4n) is 4.12. The zero-order valence-corrected chi connectivity index (χ0v) is 25.4. The van der Waals surface area contributed by atoms with Crippen LogP contribution in [0.5, 0.6) is 0 Å². The molecular formula is C29H45FN4O9. The van der Waals surface area contributed by atoms with Gasteiger partial charge in [-0.15, -0.1) is 0 Å². The van der Waals surface area contributed by atoms with Crippen molar-refractivity contribution in [1.82, 2.24) is 21.3 Å². The van der Waals surface area contributed by atoms with Crippen molar-refractivity contribution < 1.29 is 48.0 Å². The van der Waals surface area contributed by atoms with Gasteiger partial charge >= 0.3 is 12.1 Å². The number of hydrogen-bond donors (Lipinski definition) is 6. The van der Waals surface area contributed by atoms with E-state index >= 15 is 0 Å². The molecule has 14 heteroatoms. The molecule has 0 spiro atoms. The van der Waals surface area contributed by atoms with Gasteiger partial charge in [-0.2, -0.15) is 0 Å². The van der Waals surface area contributed by atoms with Crippen molar-refractivity contribution in [2.45, 2.75) is 89.8 Å². The third kappa shape index (κ3) is 13.0. The van der Waals surface area contributed by atoms with E-state index in [1.165, 1.54) is 13.8 Å². The van der Waals surface area contributed by atoms with Gasteiger partial charge in [0.15, 0.2) is 0 Å². The number of benzene rings is 1. The van der Waals surface area contributed by atoms with Gasteiger partial charge in [-0.1, -0.05) is 43.7 Å². The number of aliphatic hydroxyl groups excluding tert-OH is 2. The maximum Gasteiger partial charge on any atom is 0.408 e. The molecule has 0 fully saturated rings. The van der Waals surface area contributed by atoms with E-state index in [-0.39, 0.29) is 25.4 Å². The Morgan fingerprint density at radius 1 is 1.02 bits per heavy atom. The molecule has 13 nitrogen and oxygen atoms in total. The summed E-state index contributed by atoms with van der Waals surface area (Å²) in [4.78, 5) is 63.0. The van der Waals surface area contributed by atoms with Crippen LogP contribution >= 0.6 is 0 Å². The lowest BCUT2D eigenvalue weighted by molar-refractivity contribution is -0.142. The summed E-state index contributed by atoms with van der Waals surface area (Å²) in [7, 11) is 1.12. The average Bonchev–Trinajstić information content (AvgIpc) is 2.98. The highest BCUT2D eigenvalue weighted by atomic mass is 19.1. The number of alkyl halides is 1. The second-order valence-corrected chi connectivity index (χ2v) is 10.5. The van der Waals surface area contributed by atoms with Crippen LogP contribution in [-0.4, -0.2) is 90.2 Å². The summed E-state index contributed by atoms with van der Waals surface area (Å²) < 4.78 is 23.2. The standard InChI is InChI=1S/C29H45FN4O9/c1-6-21(19(3)36)12-13-29(4,27(40)32-22(15-30)14-24(37)42-5)34-26(39)23(16-35)33-25(38)18(2)31-28(41)43-17-20-10-8-7-9-11-20/h7-11,18-19,21-23,35-36H,6,12-17H2,1-5H3,(H,31,41)(H,32,40)(H,33,38)(H,34,39)/t18-,19+,21?,22-,23-,29?/m0/s1. The first-order valence-corrected chi connectivity index (χ1v) is 14.1. The Balaban J connectivity index is 2.95. The van der Waals surface area contributed by atoms with Crippen molar-refractivity contribution in [3.05, 3.63) is 35.9 Å². The summed E-state index contributed by atoms with van der Waals surface area (Å²) in [5, 5.41) is 29.5. The van der Waals surface area contributed by atoms with E-state index in [0.717, 1.165) is 12.7 Å². The van der Waals surface area contributed by atoms with E-state index < -0.39 is 79.3 Å². The monoisotopic (exact) mass is 612 g/mol. The smallest absolute Gasteiger partial charge is 0.408 e. The van der Waals surface area contributed by atoms with Gasteiger partial charge in [0, 0.05) is 0 Å². The molecule has 242 valence electrons. The van der Waals surface area contributed by atoms with Crippen molar-refractivity contribution in [1.29, 1.82) is 0 Å². The molecule has 6 N–H and O–H groups in total. The van der Waals surface area contributed by atoms with Gasteiger partial charge < -0.3 is 41.0 Å². The summed E-state index contributed by atoms with van der Waals surface area (Å²) >= 11 is 0. The minimum Gasteiger partial charge on any atom is -0.469 e. The molecule has 0 aliphatic carbocycles. The fraction of sp³-hybridized carbons (Fsp3) is 0.621. The molecule has 1 aromatic rings. The Bertz CT molecular complexity index is 1060. The quantitative estimate of drug-likeness (QED) is 0.130. The molecule has 0 aromatic heterocycles. The number of rotatable bonds is 18.